The van der Waals surface area contributed by atoms with E-state index in [1.807, 2.05) is 0 Å². The molecule has 0 aromatic carbocycles. The van der Waals surface area contributed by atoms with Crippen molar-refractivity contribution < 1.29 is 19.4 Å². The Morgan fingerprint density at radius 1 is 1.44 bits per heavy atom. The number of hydrogen-bond acceptors (Lipinski definition) is 7. The van der Waals surface area contributed by atoms with E-state index in [1.165, 1.54) is 7.11 Å². The molecule has 0 unspecified atom stereocenters. The molecule has 0 aliphatic heterocycles. The van der Waals surface area contributed by atoms with Crippen LogP contribution in [0.1, 0.15) is 16.3 Å². The Labute approximate surface area is 105 Å². The van der Waals surface area contributed by atoms with Crippen LogP contribution in [0.2, 0.25) is 0 Å². The molecule has 18 heavy (non-hydrogen) atoms. The molecule has 7 heteroatoms. The normalized spacial score (nSPS) is 10.2. The predicted octanol–water partition coefficient (Wildman–Crippen LogP) is -0.00758. The largest absolute Gasteiger partial charge is 0.463 e. The zero-order chi connectivity index (χ0) is 13.4. The van der Waals surface area contributed by atoms with Crippen LogP contribution in [-0.4, -0.2) is 54.5 Å². The lowest BCUT2D eigenvalue weighted by Crippen LogP contribution is -2.15. The number of carbonyl (C=O) groups excluding carboxylic acids is 1. The number of rotatable bonds is 7. The number of aryl methyl sites for hydroxylation is 1. The molecule has 0 amide bonds. The summed E-state index contributed by atoms with van der Waals surface area (Å²) < 4.78 is 9.65. The van der Waals surface area contributed by atoms with Crippen molar-refractivity contribution >= 4 is 11.8 Å². The number of esters is 1. The van der Waals surface area contributed by atoms with Crippen molar-refractivity contribution in [1.82, 2.24) is 9.97 Å². The first-order valence-corrected chi connectivity index (χ1v) is 5.54. The molecule has 7 nitrogen and oxygen atoms in total. The minimum absolute atomic E-state index is 0.000889. The summed E-state index contributed by atoms with van der Waals surface area (Å²) >= 11 is 0. The molecule has 2 N–H and O–H groups in total. The van der Waals surface area contributed by atoms with Crippen LogP contribution in [0.4, 0.5) is 5.82 Å². The van der Waals surface area contributed by atoms with Crippen molar-refractivity contribution in [2.75, 3.05) is 38.8 Å². The van der Waals surface area contributed by atoms with E-state index in [0.717, 1.165) is 0 Å². The molecule has 0 saturated carbocycles. The molecular formula is C11H17N3O4. The molecule has 0 aliphatic carbocycles. The van der Waals surface area contributed by atoms with Gasteiger partial charge in [-0.15, -0.1) is 0 Å². The van der Waals surface area contributed by atoms with Crippen molar-refractivity contribution in [3.63, 3.8) is 0 Å². The monoisotopic (exact) mass is 255 g/mol. The van der Waals surface area contributed by atoms with Crippen molar-refractivity contribution in [1.29, 1.82) is 0 Å². The average Bonchev–Trinajstić information content (AvgIpc) is 2.37. The van der Waals surface area contributed by atoms with Gasteiger partial charge in [0.15, 0.2) is 0 Å². The van der Waals surface area contributed by atoms with Crippen LogP contribution >= 0.6 is 0 Å². The van der Waals surface area contributed by atoms with E-state index in [0.29, 0.717) is 31.3 Å². The second-order valence-corrected chi connectivity index (χ2v) is 3.47. The van der Waals surface area contributed by atoms with Gasteiger partial charge in [-0.05, 0) is 6.92 Å². The van der Waals surface area contributed by atoms with Gasteiger partial charge in [-0.25, -0.2) is 14.8 Å². The standard InChI is InChI=1S/C11H17N3O4/c1-8-7-9(12-3-5-18-6-4-15)14-10(13-8)11(16)17-2/h7,15H,3-6H2,1-2H3,(H,12,13,14). The van der Waals surface area contributed by atoms with Gasteiger partial charge in [-0.3, -0.25) is 0 Å². The number of anilines is 1. The van der Waals surface area contributed by atoms with Crippen molar-refractivity contribution in [2.24, 2.45) is 0 Å². The zero-order valence-electron chi connectivity index (χ0n) is 10.5. The third kappa shape index (κ3) is 4.64. The molecule has 1 heterocycles. The van der Waals surface area contributed by atoms with Crippen LogP contribution in [0.5, 0.6) is 0 Å². The predicted molar refractivity (Wildman–Crippen MR) is 64.5 cm³/mol. The maximum absolute atomic E-state index is 11.3. The number of methoxy groups -OCH3 is 1. The van der Waals surface area contributed by atoms with Crippen LogP contribution in [0.3, 0.4) is 0 Å². The fourth-order valence-corrected chi connectivity index (χ4v) is 1.26. The molecule has 0 bridgehead atoms. The minimum Gasteiger partial charge on any atom is -0.463 e. The lowest BCUT2D eigenvalue weighted by molar-refractivity contribution is 0.0586. The van der Waals surface area contributed by atoms with Gasteiger partial charge in [0.2, 0.25) is 5.82 Å². The topological polar surface area (TPSA) is 93.6 Å². The van der Waals surface area contributed by atoms with Gasteiger partial charge in [-0.1, -0.05) is 0 Å². The maximum Gasteiger partial charge on any atom is 0.376 e. The second kappa shape index (κ2) is 7.57. The highest BCUT2D eigenvalue weighted by molar-refractivity contribution is 5.85. The summed E-state index contributed by atoms with van der Waals surface area (Å²) in [5.41, 5.74) is 0.671. The number of carbonyl (C=O) groups is 1. The Morgan fingerprint density at radius 2 is 2.22 bits per heavy atom. The van der Waals surface area contributed by atoms with E-state index < -0.39 is 5.97 Å². The SMILES string of the molecule is COC(=O)c1nc(C)cc(NCCOCCO)n1. The van der Waals surface area contributed by atoms with Crippen LogP contribution < -0.4 is 5.32 Å². The molecule has 1 aromatic heterocycles. The van der Waals surface area contributed by atoms with Crippen LogP contribution in [-0.2, 0) is 9.47 Å². The Hall–Kier alpha value is -1.73. The first-order valence-electron chi connectivity index (χ1n) is 5.54. The number of ether oxygens (including phenoxy) is 2. The highest BCUT2D eigenvalue weighted by Gasteiger charge is 2.10. The van der Waals surface area contributed by atoms with E-state index >= 15 is 0 Å². The first kappa shape index (κ1) is 14.3. The van der Waals surface area contributed by atoms with E-state index in [1.54, 1.807) is 13.0 Å². The van der Waals surface area contributed by atoms with Gasteiger partial charge in [0.25, 0.3) is 0 Å². The molecule has 0 aliphatic rings. The quantitative estimate of drug-likeness (QED) is 0.523. The van der Waals surface area contributed by atoms with Gasteiger partial charge >= 0.3 is 5.97 Å². The van der Waals surface area contributed by atoms with Gasteiger partial charge in [0, 0.05) is 18.3 Å². The minimum atomic E-state index is -0.571. The van der Waals surface area contributed by atoms with E-state index in [-0.39, 0.29) is 12.4 Å². The fraction of sp³-hybridized carbons (Fsp3) is 0.545. The summed E-state index contributed by atoms with van der Waals surface area (Å²) in [6.07, 6.45) is 0. The van der Waals surface area contributed by atoms with Gasteiger partial charge in [0.05, 0.1) is 26.9 Å². The Balaban J connectivity index is 2.55. The number of aromatic nitrogens is 2. The third-order valence-electron chi connectivity index (χ3n) is 2.01. The number of aliphatic hydroxyl groups excluding tert-OH is 1. The summed E-state index contributed by atoms with van der Waals surface area (Å²) in [6.45, 7) is 3.03. The zero-order valence-corrected chi connectivity index (χ0v) is 10.5. The van der Waals surface area contributed by atoms with E-state index in [4.69, 9.17) is 9.84 Å². The van der Waals surface area contributed by atoms with E-state index in [2.05, 4.69) is 20.0 Å². The molecule has 1 rings (SSSR count). The molecule has 0 spiro atoms. The van der Waals surface area contributed by atoms with Crippen LogP contribution in [0.25, 0.3) is 0 Å². The summed E-state index contributed by atoms with van der Waals surface area (Å²) in [5.74, 6) is -0.00921. The van der Waals surface area contributed by atoms with Gasteiger partial charge < -0.3 is 19.9 Å². The Bertz CT molecular complexity index is 398. The summed E-state index contributed by atoms with van der Waals surface area (Å²) in [6, 6.07) is 1.72. The van der Waals surface area contributed by atoms with Crippen molar-refractivity contribution in [2.45, 2.75) is 6.92 Å². The summed E-state index contributed by atoms with van der Waals surface area (Å²) in [5, 5.41) is 11.5. The third-order valence-corrected chi connectivity index (χ3v) is 2.01. The molecule has 0 radical (unpaired) electrons. The Kier molecular flexibility index (Phi) is 6.03. The van der Waals surface area contributed by atoms with Crippen molar-refractivity contribution in [3.05, 3.63) is 17.6 Å². The molecule has 0 fully saturated rings. The number of nitrogens with one attached hydrogen (secondary N) is 1. The smallest absolute Gasteiger partial charge is 0.376 e. The number of hydrogen-bond donors (Lipinski definition) is 2. The first-order chi connectivity index (χ1) is 8.67. The van der Waals surface area contributed by atoms with Gasteiger partial charge in [0.1, 0.15) is 5.82 Å². The van der Waals surface area contributed by atoms with Crippen LogP contribution in [0.15, 0.2) is 6.07 Å². The van der Waals surface area contributed by atoms with Crippen molar-refractivity contribution in [3.8, 4) is 0 Å². The molecular weight excluding hydrogens is 238 g/mol. The molecule has 1 aromatic rings. The second-order valence-electron chi connectivity index (χ2n) is 3.47. The number of aliphatic hydroxyl groups is 1. The Morgan fingerprint density at radius 3 is 2.89 bits per heavy atom. The summed E-state index contributed by atoms with van der Waals surface area (Å²) in [7, 11) is 1.28. The highest BCUT2D eigenvalue weighted by Crippen LogP contribution is 2.06. The summed E-state index contributed by atoms with van der Waals surface area (Å²) in [4.78, 5) is 19.3. The fourth-order valence-electron chi connectivity index (χ4n) is 1.26. The average molecular weight is 255 g/mol. The lowest BCUT2D eigenvalue weighted by atomic mass is 10.4. The van der Waals surface area contributed by atoms with E-state index in [9.17, 15) is 4.79 Å². The van der Waals surface area contributed by atoms with Crippen LogP contribution in [0, 0.1) is 6.92 Å². The molecule has 100 valence electrons. The number of nitrogens with zero attached hydrogens (tertiary/aromatic N) is 2. The molecule has 0 saturated heterocycles. The van der Waals surface area contributed by atoms with Gasteiger partial charge in [-0.2, -0.15) is 0 Å². The lowest BCUT2D eigenvalue weighted by Gasteiger charge is -2.07. The molecule has 0 atom stereocenters. The maximum atomic E-state index is 11.3. The highest BCUT2D eigenvalue weighted by atomic mass is 16.5.